The summed E-state index contributed by atoms with van der Waals surface area (Å²) in [6, 6.07) is 0. The molecule has 0 aromatic heterocycles. The molecule has 2 rings (SSSR count). The lowest BCUT2D eigenvalue weighted by atomic mass is 9.46. The van der Waals surface area contributed by atoms with Crippen molar-refractivity contribution in [2.75, 3.05) is 0 Å². The van der Waals surface area contributed by atoms with Gasteiger partial charge in [0.2, 0.25) is 0 Å². The summed E-state index contributed by atoms with van der Waals surface area (Å²) in [5.74, 6) is -2.67. The highest BCUT2D eigenvalue weighted by atomic mass is 16.6. The first kappa shape index (κ1) is 20.2. The van der Waals surface area contributed by atoms with E-state index in [2.05, 4.69) is 27.7 Å². The molecule has 5 nitrogen and oxygen atoms in total. The van der Waals surface area contributed by atoms with Gasteiger partial charge in [0.05, 0.1) is 23.5 Å². The Balaban J connectivity index is 2.59. The number of hydrogen-bond donors (Lipinski definition) is 2. The van der Waals surface area contributed by atoms with Crippen LogP contribution in [0.25, 0.3) is 0 Å². The quantitative estimate of drug-likeness (QED) is 0.570. The lowest BCUT2D eigenvalue weighted by Crippen LogP contribution is -2.59. The number of carboxylic acids is 2. The number of fused-ring (bicyclic) bond motifs is 1. The van der Waals surface area contributed by atoms with Crippen molar-refractivity contribution in [2.24, 2.45) is 22.7 Å². The van der Waals surface area contributed by atoms with Gasteiger partial charge in [0.1, 0.15) is 0 Å². The van der Waals surface area contributed by atoms with Crippen LogP contribution in [-0.4, -0.2) is 34.4 Å². The monoisotopic (exact) mass is 354 g/mol. The van der Waals surface area contributed by atoms with Gasteiger partial charge in [-0.2, -0.15) is 0 Å². The zero-order valence-electron chi connectivity index (χ0n) is 16.1. The Hall–Kier alpha value is -1.10. The van der Waals surface area contributed by atoms with Gasteiger partial charge < -0.3 is 14.9 Å². The number of ether oxygens (including phenoxy) is 1. The predicted molar refractivity (Wildman–Crippen MR) is 95.4 cm³/mol. The molecule has 1 aliphatic carbocycles. The molecule has 144 valence electrons. The van der Waals surface area contributed by atoms with E-state index in [4.69, 9.17) is 4.74 Å². The normalized spacial score (nSPS) is 31.6. The largest absolute Gasteiger partial charge is 0.481 e. The van der Waals surface area contributed by atoms with Gasteiger partial charge in [-0.05, 0) is 37.0 Å². The highest BCUT2D eigenvalue weighted by molar-refractivity contribution is 5.85. The summed E-state index contributed by atoms with van der Waals surface area (Å²) in [6.07, 6.45) is 5.91. The van der Waals surface area contributed by atoms with Gasteiger partial charge >= 0.3 is 11.9 Å². The second kappa shape index (κ2) is 7.65. The Bertz CT molecular complexity index is 492. The number of epoxide rings is 1. The van der Waals surface area contributed by atoms with Gasteiger partial charge in [-0.25, -0.2) is 0 Å². The molecular formula is C20H34O5. The minimum Gasteiger partial charge on any atom is -0.481 e. The zero-order valence-corrected chi connectivity index (χ0v) is 16.1. The molecule has 25 heavy (non-hydrogen) atoms. The molecule has 4 unspecified atom stereocenters. The molecule has 0 amide bonds. The van der Waals surface area contributed by atoms with Crippen LogP contribution in [0.15, 0.2) is 0 Å². The SMILES string of the molecule is CCCCC(CCCC)(C(C)C)C1(C(=O)O)CC2OC2CC1C(=O)O. The smallest absolute Gasteiger partial charge is 0.311 e. The highest BCUT2D eigenvalue weighted by Crippen LogP contribution is 2.64. The minimum atomic E-state index is -1.24. The number of carboxylic acid groups (broad SMARTS) is 2. The molecule has 5 heteroatoms. The summed E-state index contributed by atoms with van der Waals surface area (Å²) in [7, 11) is 0. The molecule has 2 N–H and O–H groups in total. The van der Waals surface area contributed by atoms with Crippen molar-refractivity contribution in [1.29, 1.82) is 0 Å². The molecule has 0 aromatic carbocycles. The van der Waals surface area contributed by atoms with E-state index >= 15 is 0 Å². The van der Waals surface area contributed by atoms with E-state index in [0.29, 0.717) is 12.8 Å². The van der Waals surface area contributed by atoms with E-state index in [1.165, 1.54) is 0 Å². The van der Waals surface area contributed by atoms with Crippen LogP contribution in [0.3, 0.4) is 0 Å². The van der Waals surface area contributed by atoms with E-state index in [0.717, 1.165) is 38.5 Å². The third kappa shape index (κ3) is 3.32. The average molecular weight is 354 g/mol. The maximum atomic E-state index is 12.7. The Kier molecular flexibility index (Phi) is 6.18. The first-order chi connectivity index (χ1) is 11.8. The summed E-state index contributed by atoms with van der Waals surface area (Å²) < 4.78 is 5.62. The van der Waals surface area contributed by atoms with E-state index in [9.17, 15) is 19.8 Å². The van der Waals surface area contributed by atoms with Gasteiger partial charge in [-0.1, -0.05) is 53.4 Å². The van der Waals surface area contributed by atoms with Gasteiger partial charge in [-0.3, -0.25) is 9.59 Å². The maximum absolute atomic E-state index is 12.7. The fourth-order valence-corrected chi connectivity index (χ4v) is 5.42. The van der Waals surface area contributed by atoms with Crippen LogP contribution in [0.2, 0.25) is 0 Å². The molecule has 1 aliphatic heterocycles. The fourth-order valence-electron chi connectivity index (χ4n) is 5.42. The second-order valence-electron chi connectivity index (χ2n) is 8.34. The third-order valence-electron chi connectivity index (χ3n) is 6.90. The summed E-state index contributed by atoms with van der Waals surface area (Å²) in [6.45, 7) is 8.37. The van der Waals surface area contributed by atoms with Gasteiger partial charge in [0, 0.05) is 0 Å². The Morgan fingerprint density at radius 1 is 1.12 bits per heavy atom. The number of hydrogen-bond acceptors (Lipinski definition) is 3. The molecule has 0 spiro atoms. The van der Waals surface area contributed by atoms with E-state index in [1.807, 2.05) is 0 Å². The number of rotatable bonds is 10. The summed E-state index contributed by atoms with van der Waals surface area (Å²) in [5, 5.41) is 20.3. The predicted octanol–water partition coefficient (Wildman–Crippen LogP) is 4.34. The van der Waals surface area contributed by atoms with Gasteiger partial charge in [0.15, 0.2) is 0 Å². The Labute approximate surface area is 151 Å². The highest BCUT2D eigenvalue weighted by Gasteiger charge is 2.69. The average Bonchev–Trinajstić information content (AvgIpc) is 3.31. The lowest BCUT2D eigenvalue weighted by Gasteiger charge is -2.55. The number of aliphatic carboxylic acids is 2. The lowest BCUT2D eigenvalue weighted by molar-refractivity contribution is -0.186. The maximum Gasteiger partial charge on any atom is 0.311 e. The molecule has 1 saturated carbocycles. The van der Waals surface area contributed by atoms with Crippen molar-refractivity contribution in [3.8, 4) is 0 Å². The first-order valence-corrected chi connectivity index (χ1v) is 9.88. The third-order valence-corrected chi connectivity index (χ3v) is 6.90. The van der Waals surface area contributed by atoms with Crippen LogP contribution in [-0.2, 0) is 14.3 Å². The summed E-state index contributed by atoms with van der Waals surface area (Å²) in [5.41, 5.74) is -1.75. The van der Waals surface area contributed by atoms with Crippen molar-refractivity contribution in [1.82, 2.24) is 0 Å². The summed E-state index contributed by atoms with van der Waals surface area (Å²) in [4.78, 5) is 24.9. The molecule has 0 aromatic rings. The van der Waals surface area contributed by atoms with Crippen LogP contribution >= 0.6 is 0 Å². The van der Waals surface area contributed by atoms with Crippen LogP contribution in [0, 0.1) is 22.7 Å². The molecule has 1 heterocycles. The van der Waals surface area contributed by atoms with E-state index in [-0.39, 0.29) is 18.1 Å². The Morgan fingerprint density at radius 2 is 1.68 bits per heavy atom. The zero-order chi connectivity index (χ0) is 18.8. The fraction of sp³-hybridized carbons (Fsp3) is 0.900. The van der Waals surface area contributed by atoms with Crippen molar-refractivity contribution in [3.05, 3.63) is 0 Å². The van der Waals surface area contributed by atoms with E-state index in [1.54, 1.807) is 0 Å². The van der Waals surface area contributed by atoms with Crippen LogP contribution in [0.4, 0.5) is 0 Å². The number of unbranched alkanes of at least 4 members (excludes halogenated alkanes) is 2. The topological polar surface area (TPSA) is 87.1 Å². The minimum absolute atomic E-state index is 0.0595. The van der Waals surface area contributed by atoms with Crippen LogP contribution < -0.4 is 0 Å². The van der Waals surface area contributed by atoms with E-state index < -0.39 is 28.7 Å². The van der Waals surface area contributed by atoms with Crippen LogP contribution in [0.5, 0.6) is 0 Å². The van der Waals surface area contributed by atoms with Crippen LogP contribution in [0.1, 0.15) is 79.1 Å². The van der Waals surface area contributed by atoms with Crippen molar-refractivity contribution >= 4 is 11.9 Å². The van der Waals surface area contributed by atoms with Crippen molar-refractivity contribution in [3.63, 3.8) is 0 Å². The molecule has 0 bridgehead atoms. The van der Waals surface area contributed by atoms with Crippen molar-refractivity contribution < 1.29 is 24.5 Å². The van der Waals surface area contributed by atoms with Gasteiger partial charge in [-0.15, -0.1) is 0 Å². The molecular weight excluding hydrogens is 320 g/mol. The summed E-state index contributed by atoms with van der Waals surface area (Å²) >= 11 is 0. The number of carbonyl (C=O) groups is 2. The standard InChI is InChI=1S/C20H34O5/c1-5-7-9-19(13(3)4,10-8-6-2)20(18(23)24)12-16-15(25-16)11-14(20)17(21)22/h13-16H,5-12H2,1-4H3,(H,21,22)(H,23,24). The Morgan fingerprint density at radius 3 is 2.08 bits per heavy atom. The molecule has 4 atom stereocenters. The molecule has 2 fully saturated rings. The van der Waals surface area contributed by atoms with Crippen molar-refractivity contribution in [2.45, 2.75) is 91.3 Å². The molecule has 2 aliphatic rings. The molecule has 1 saturated heterocycles. The second-order valence-corrected chi connectivity index (χ2v) is 8.34. The van der Waals surface area contributed by atoms with Gasteiger partial charge in [0.25, 0.3) is 0 Å². The first-order valence-electron chi connectivity index (χ1n) is 9.88. The molecule has 0 radical (unpaired) electrons.